The van der Waals surface area contributed by atoms with Gasteiger partial charge >= 0.3 is 17.9 Å². The molecule has 61 heavy (non-hydrogen) atoms. The van der Waals surface area contributed by atoms with Crippen molar-refractivity contribution in [2.24, 2.45) is 0 Å². The van der Waals surface area contributed by atoms with E-state index in [9.17, 15) is 14.4 Å². The van der Waals surface area contributed by atoms with Crippen LogP contribution in [-0.4, -0.2) is 37.2 Å². The summed E-state index contributed by atoms with van der Waals surface area (Å²) in [7, 11) is 0. The third-order valence-electron chi connectivity index (χ3n) is 10.7. The van der Waals surface area contributed by atoms with E-state index in [-0.39, 0.29) is 37.5 Å². The number of allylic oxidation sites excluding steroid dienone is 12. The van der Waals surface area contributed by atoms with Gasteiger partial charge in [-0.3, -0.25) is 14.4 Å². The highest BCUT2D eigenvalue weighted by Crippen LogP contribution is 2.13. The van der Waals surface area contributed by atoms with Crippen molar-refractivity contribution in [2.45, 2.75) is 245 Å². The quantitative estimate of drug-likeness (QED) is 0.0263. The van der Waals surface area contributed by atoms with E-state index in [2.05, 4.69) is 87.6 Å². The number of hydrogen-bond donors (Lipinski definition) is 0. The van der Waals surface area contributed by atoms with Gasteiger partial charge in [0.25, 0.3) is 0 Å². The third kappa shape index (κ3) is 47.7. The second kappa shape index (κ2) is 49.5. The molecule has 1 unspecified atom stereocenters. The van der Waals surface area contributed by atoms with Crippen molar-refractivity contribution in [3.05, 3.63) is 72.9 Å². The molecule has 1 atom stereocenters. The van der Waals surface area contributed by atoms with Crippen molar-refractivity contribution in [3.63, 3.8) is 0 Å². The summed E-state index contributed by atoms with van der Waals surface area (Å²) in [6.45, 7) is 6.43. The summed E-state index contributed by atoms with van der Waals surface area (Å²) in [6, 6.07) is 0. The lowest BCUT2D eigenvalue weighted by Crippen LogP contribution is -2.30. The topological polar surface area (TPSA) is 78.9 Å². The van der Waals surface area contributed by atoms with Crippen LogP contribution in [0.3, 0.4) is 0 Å². The zero-order valence-electron chi connectivity index (χ0n) is 39.9. The molecule has 6 nitrogen and oxygen atoms in total. The van der Waals surface area contributed by atoms with Crippen LogP contribution in [0.1, 0.15) is 239 Å². The first-order valence-corrected chi connectivity index (χ1v) is 25.4. The lowest BCUT2D eigenvalue weighted by atomic mass is 10.1. The SMILES string of the molecule is CC/C=C\C/C=C\C/C=C\CCCCCCC(=O)OC(COC(=O)CC/C=C\C/C=C\CCCCCCCC)COC(=O)CCCCCCC/C=C\CCCCCCCCC. The molecule has 0 aliphatic carbocycles. The Bertz CT molecular complexity index is 1160. The van der Waals surface area contributed by atoms with Gasteiger partial charge in [0.15, 0.2) is 6.10 Å². The van der Waals surface area contributed by atoms with Gasteiger partial charge < -0.3 is 14.2 Å². The molecule has 0 aromatic rings. The summed E-state index contributed by atoms with van der Waals surface area (Å²) in [6.07, 6.45) is 61.8. The van der Waals surface area contributed by atoms with Crippen LogP contribution >= 0.6 is 0 Å². The molecule has 0 aliphatic heterocycles. The molecular weight excluding hydrogens is 757 g/mol. The first-order chi connectivity index (χ1) is 30.0. The van der Waals surface area contributed by atoms with Crippen LogP contribution in [-0.2, 0) is 28.6 Å². The Hall–Kier alpha value is -3.15. The van der Waals surface area contributed by atoms with E-state index in [4.69, 9.17) is 14.2 Å². The summed E-state index contributed by atoms with van der Waals surface area (Å²) in [5.41, 5.74) is 0. The van der Waals surface area contributed by atoms with Gasteiger partial charge in [-0.15, -0.1) is 0 Å². The zero-order valence-corrected chi connectivity index (χ0v) is 39.9. The van der Waals surface area contributed by atoms with Crippen LogP contribution < -0.4 is 0 Å². The molecule has 0 aliphatic rings. The number of rotatable bonds is 45. The predicted octanol–water partition coefficient (Wildman–Crippen LogP) is 16.6. The molecule has 0 aromatic heterocycles. The van der Waals surface area contributed by atoms with E-state index in [1.54, 1.807) is 0 Å². The summed E-state index contributed by atoms with van der Waals surface area (Å²) in [4.78, 5) is 37.9. The number of hydrogen-bond acceptors (Lipinski definition) is 6. The van der Waals surface area contributed by atoms with Gasteiger partial charge in [0.2, 0.25) is 0 Å². The molecule has 6 heteroatoms. The van der Waals surface area contributed by atoms with E-state index in [0.29, 0.717) is 19.3 Å². The lowest BCUT2D eigenvalue weighted by Gasteiger charge is -2.18. The summed E-state index contributed by atoms with van der Waals surface area (Å²) >= 11 is 0. The maximum absolute atomic E-state index is 12.8. The first-order valence-electron chi connectivity index (χ1n) is 25.4. The predicted molar refractivity (Wildman–Crippen MR) is 261 cm³/mol. The monoisotopic (exact) mass is 851 g/mol. The molecule has 0 saturated heterocycles. The van der Waals surface area contributed by atoms with Crippen molar-refractivity contribution >= 4 is 17.9 Å². The van der Waals surface area contributed by atoms with Crippen molar-refractivity contribution in [1.82, 2.24) is 0 Å². The minimum Gasteiger partial charge on any atom is -0.462 e. The number of carbonyl (C=O) groups excluding carboxylic acids is 3. The standard InChI is InChI=1S/C55H94O6/c1-4-7-10-13-16-19-22-25-27-28-31-33-36-39-42-45-48-54(57)60-51-52(50-59-53(56)47-44-41-38-35-32-29-24-21-18-15-12-9-6-3)61-55(58)49-46-43-40-37-34-30-26-23-20-17-14-11-8-5-2/h8,11,17,20,26-30,32,38,41,52H,4-7,9-10,12-16,18-19,21-25,31,33-37,39-40,42-51H2,1-3H3/b11-8-,20-17-,28-27-,30-26-,32-29-,41-38-. The highest BCUT2D eigenvalue weighted by atomic mass is 16.6. The summed E-state index contributed by atoms with van der Waals surface area (Å²) < 4.78 is 16.7. The van der Waals surface area contributed by atoms with Gasteiger partial charge in [0.05, 0.1) is 0 Å². The Kier molecular flexibility index (Phi) is 46.9. The van der Waals surface area contributed by atoms with Crippen LogP contribution in [0.4, 0.5) is 0 Å². The van der Waals surface area contributed by atoms with E-state index < -0.39 is 6.10 Å². The Morgan fingerprint density at radius 1 is 0.344 bits per heavy atom. The van der Waals surface area contributed by atoms with Crippen LogP contribution in [0.5, 0.6) is 0 Å². The van der Waals surface area contributed by atoms with Gasteiger partial charge in [-0.25, -0.2) is 0 Å². The average Bonchev–Trinajstić information content (AvgIpc) is 3.26. The van der Waals surface area contributed by atoms with E-state index in [1.165, 1.54) is 103 Å². The number of unbranched alkanes of at least 4 members (excludes halogenated alkanes) is 22. The highest BCUT2D eigenvalue weighted by Gasteiger charge is 2.19. The third-order valence-corrected chi connectivity index (χ3v) is 10.7. The zero-order chi connectivity index (χ0) is 44.4. The van der Waals surface area contributed by atoms with Gasteiger partial charge in [0, 0.05) is 19.3 Å². The molecular formula is C55H94O6. The maximum Gasteiger partial charge on any atom is 0.306 e. The molecule has 0 aromatic carbocycles. The molecule has 0 rings (SSSR count). The second-order valence-electron chi connectivity index (χ2n) is 16.7. The van der Waals surface area contributed by atoms with Gasteiger partial charge in [-0.1, -0.05) is 196 Å². The molecule has 0 radical (unpaired) electrons. The molecule has 0 amide bonds. The number of esters is 3. The fourth-order valence-electron chi connectivity index (χ4n) is 6.86. The highest BCUT2D eigenvalue weighted by molar-refractivity contribution is 5.71. The molecule has 350 valence electrons. The Morgan fingerprint density at radius 3 is 1.11 bits per heavy atom. The Labute approximate surface area is 376 Å². The Balaban J connectivity index is 4.48. The van der Waals surface area contributed by atoms with E-state index >= 15 is 0 Å². The largest absolute Gasteiger partial charge is 0.462 e. The van der Waals surface area contributed by atoms with Gasteiger partial charge in [-0.05, 0) is 96.3 Å². The van der Waals surface area contributed by atoms with Crippen LogP contribution in [0, 0.1) is 0 Å². The molecule has 0 saturated carbocycles. The minimum absolute atomic E-state index is 0.106. The van der Waals surface area contributed by atoms with Crippen molar-refractivity contribution in [1.29, 1.82) is 0 Å². The number of ether oxygens (including phenoxy) is 3. The van der Waals surface area contributed by atoms with Crippen molar-refractivity contribution in [3.8, 4) is 0 Å². The lowest BCUT2D eigenvalue weighted by molar-refractivity contribution is -0.166. The van der Waals surface area contributed by atoms with Crippen molar-refractivity contribution < 1.29 is 28.6 Å². The molecule has 0 spiro atoms. The maximum atomic E-state index is 12.8. The second-order valence-corrected chi connectivity index (χ2v) is 16.7. The molecule has 0 heterocycles. The van der Waals surface area contributed by atoms with E-state index in [0.717, 1.165) is 89.9 Å². The molecule has 0 N–H and O–H groups in total. The van der Waals surface area contributed by atoms with Gasteiger partial charge in [-0.2, -0.15) is 0 Å². The van der Waals surface area contributed by atoms with Crippen LogP contribution in [0.25, 0.3) is 0 Å². The molecule has 0 fully saturated rings. The van der Waals surface area contributed by atoms with Crippen LogP contribution in [0.2, 0.25) is 0 Å². The first kappa shape index (κ1) is 57.9. The number of carbonyl (C=O) groups is 3. The van der Waals surface area contributed by atoms with E-state index in [1.807, 2.05) is 6.08 Å². The van der Waals surface area contributed by atoms with Crippen molar-refractivity contribution in [2.75, 3.05) is 13.2 Å². The fraction of sp³-hybridized carbons (Fsp3) is 0.727. The van der Waals surface area contributed by atoms with Crippen LogP contribution in [0.15, 0.2) is 72.9 Å². The average molecular weight is 851 g/mol. The normalized spacial score (nSPS) is 12.6. The summed E-state index contributed by atoms with van der Waals surface area (Å²) in [5, 5.41) is 0. The smallest absolute Gasteiger partial charge is 0.306 e. The minimum atomic E-state index is -0.812. The van der Waals surface area contributed by atoms with Gasteiger partial charge in [0.1, 0.15) is 13.2 Å². The summed E-state index contributed by atoms with van der Waals surface area (Å²) in [5.74, 6) is -1.01. The fourth-order valence-corrected chi connectivity index (χ4v) is 6.86. The molecule has 0 bridgehead atoms. The Morgan fingerprint density at radius 2 is 0.672 bits per heavy atom.